The maximum atomic E-state index is 9.12. The van der Waals surface area contributed by atoms with Crippen molar-refractivity contribution in [3.05, 3.63) is 59.4 Å². The molecule has 82 valence electrons. The van der Waals surface area contributed by atoms with Gasteiger partial charge in [0.1, 0.15) is 5.75 Å². The molecule has 16 heavy (non-hydrogen) atoms. The van der Waals surface area contributed by atoms with Crippen molar-refractivity contribution in [2.24, 2.45) is 0 Å². The molecule has 0 radical (unpaired) electrons. The van der Waals surface area contributed by atoms with Gasteiger partial charge in [0, 0.05) is 5.69 Å². The Hall–Kier alpha value is -1.83. The molecule has 0 bridgehead atoms. The summed E-state index contributed by atoms with van der Waals surface area (Å²) >= 11 is 0. The Bertz CT molecular complexity index is 462. The second-order valence-electron chi connectivity index (χ2n) is 4.00. The minimum Gasteiger partial charge on any atom is -0.506 e. The van der Waals surface area contributed by atoms with Crippen molar-refractivity contribution < 1.29 is 5.11 Å². The van der Waals surface area contributed by atoms with E-state index in [1.807, 2.05) is 6.07 Å². The summed E-state index contributed by atoms with van der Waals surface area (Å²) < 4.78 is 0. The maximum absolute atomic E-state index is 9.12. The molecule has 0 fully saturated rings. The number of aryl methyl sites for hydroxylation is 3. The Kier molecular flexibility index (Phi) is 3.20. The number of aromatic hydroxyl groups is 1. The molecule has 1 heterocycles. The van der Waals surface area contributed by atoms with E-state index in [1.165, 1.54) is 17.3 Å². The molecule has 2 heteroatoms. The molecule has 1 aromatic heterocycles. The Morgan fingerprint density at radius 3 is 2.69 bits per heavy atom. The number of nitrogens with zero attached hydrogens (tertiary/aromatic N) is 1. The van der Waals surface area contributed by atoms with Crippen molar-refractivity contribution in [1.29, 1.82) is 0 Å². The highest BCUT2D eigenvalue weighted by molar-refractivity contribution is 5.24. The maximum Gasteiger partial charge on any atom is 0.133 e. The number of aromatic nitrogens is 1. The lowest BCUT2D eigenvalue weighted by molar-refractivity contribution is 0.472. The van der Waals surface area contributed by atoms with E-state index in [1.54, 1.807) is 6.07 Å². The zero-order valence-corrected chi connectivity index (χ0v) is 9.35. The van der Waals surface area contributed by atoms with Gasteiger partial charge < -0.3 is 5.11 Å². The predicted octanol–water partition coefficient (Wildman–Crippen LogP) is 2.88. The monoisotopic (exact) mass is 213 g/mol. The summed E-state index contributed by atoms with van der Waals surface area (Å²) in [5.41, 5.74) is 3.63. The van der Waals surface area contributed by atoms with Crippen LogP contribution < -0.4 is 0 Å². The zero-order valence-electron chi connectivity index (χ0n) is 9.35. The molecule has 0 amide bonds. The van der Waals surface area contributed by atoms with Gasteiger partial charge in [0.05, 0.1) is 6.20 Å². The Balaban J connectivity index is 1.99. The molecular formula is C14H15NO. The van der Waals surface area contributed by atoms with E-state index in [2.05, 4.69) is 36.2 Å². The van der Waals surface area contributed by atoms with Crippen molar-refractivity contribution >= 4 is 0 Å². The van der Waals surface area contributed by atoms with Gasteiger partial charge in [0.15, 0.2) is 0 Å². The first-order valence-corrected chi connectivity index (χ1v) is 5.43. The SMILES string of the molecule is Cc1cccc(CCc2ccc(O)cn2)c1. The smallest absolute Gasteiger partial charge is 0.133 e. The highest BCUT2D eigenvalue weighted by atomic mass is 16.3. The number of benzene rings is 1. The Morgan fingerprint density at radius 1 is 1.12 bits per heavy atom. The molecular weight excluding hydrogens is 198 g/mol. The van der Waals surface area contributed by atoms with E-state index in [0.29, 0.717) is 0 Å². The highest BCUT2D eigenvalue weighted by Crippen LogP contribution is 2.10. The van der Waals surface area contributed by atoms with E-state index in [9.17, 15) is 0 Å². The third kappa shape index (κ3) is 2.83. The molecule has 2 nitrogen and oxygen atoms in total. The van der Waals surface area contributed by atoms with Gasteiger partial charge in [-0.2, -0.15) is 0 Å². The molecule has 0 saturated heterocycles. The molecule has 2 rings (SSSR count). The van der Waals surface area contributed by atoms with Crippen LogP contribution >= 0.6 is 0 Å². The highest BCUT2D eigenvalue weighted by Gasteiger charge is 1.97. The normalized spacial score (nSPS) is 10.3. The Labute approximate surface area is 95.6 Å². The van der Waals surface area contributed by atoms with Crippen molar-refractivity contribution in [3.63, 3.8) is 0 Å². The quantitative estimate of drug-likeness (QED) is 0.850. The van der Waals surface area contributed by atoms with Crippen LogP contribution in [0.5, 0.6) is 5.75 Å². The van der Waals surface area contributed by atoms with E-state index in [4.69, 9.17) is 5.11 Å². The van der Waals surface area contributed by atoms with Gasteiger partial charge in [-0.1, -0.05) is 29.8 Å². The Morgan fingerprint density at radius 2 is 2.00 bits per heavy atom. The third-order valence-electron chi connectivity index (χ3n) is 2.56. The number of hydrogen-bond acceptors (Lipinski definition) is 2. The molecule has 0 aliphatic carbocycles. The summed E-state index contributed by atoms with van der Waals surface area (Å²) in [5, 5.41) is 9.12. The van der Waals surface area contributed by atoms with Crippen LogP contribution in [0.15, 0.2) is 42.6 Å². The van der Waals surface area contributed by atoms with Crippen LogP contribution in [0.2, 0.25) is 0 Å². The lowest BCUT2D eigenvalue weighted by Crippen LogP contribution is -1.94. The molecule has 0 saturated carbocycles. The number of pyridine rings is 1. The summed E-state index contributed by atoms with van der Waals surface area (Å²) in [6.07, 6.45) is 3.38. The predicted molar refractivity (Wildman–Crippen MR) is 64.5 cm³/mol. The van der Waals surface area contributed by atoms with Gasteiger partial charge >= 0.3 is 0 Å². The summed E-state index contributed by atoms with van der Waals surface area (Å²) in [4.78, 5) is 4.17. The first-order chi connectivity index (χ1) is 7.74. The second-order valence-corrected chi connectivity index (χ2v) is 4.00. The second kappa shape index (κ2) is 4.79. The fraction of sp³-hybridized carbons (Fsp3) is 0.214. The van der Waals surface area contributed by atoms with Gasteiger partial charge in [-0.15, -0.1) is 0 Å². The van der Waals surface area contributed by atoms with Crippen LogP contribution in [0.3, 0.4) is 0 Å². The van der Waals surface area contributed by atoms with Crippen LogP contribution in [0.1, 0.15) is 16.8 Å². The topological polar surface area (TPSA) is 33.1 Å². The average molecular weight is 213 g/mol. The van der Waals surface area contributed by atoms with Crippen LogP contribution in [-0.2, 0) is 12.8 Å². The van der Waals surface area contributed by atoms with Crippen molar-refractivity contribution in [1.82, 2.24) is 4.98 Å². The van der Waals surface area contributed by atoms with E-state index in [-0.39, 0.29) is 5.75 Å². The fourth-order valence-corrected chi connectivity index (χ4v) is 1.70. The van der Waals surface area contributed by atoms with Gasteiger partial charge in [0.25, 0.3) is 0 Å². The minimum absolute atomic E-state index is 0.222. The molecule has 0 aliphatic rings. The first-order valence-electron chi connectivity index (χ1n) is 5.43. The molecule has 1 N–H and O–H groups in total. The summed E-state index contributed by atoms with van der Waals surface area (Å²) in [5.74, 6) is 0.222. The third-order valence-corrected chi connectivity index (χ3v) is 2.56. The van der Waals surface area contributed by atoms with E-state index >= 15 is 0 Å². The molecule has 0 spiro atoms. The van der Waals surface area contributed by atoms with Gasteiger partial charge in [0.2, 0.25) is 0 Å². The van der Waals surface area contributed by atoms with Crippen LogP contribution in [0, 0.1) is 6.92 Å². The molecule has 0 unspecified atom stereocenters. The number of hydrogen-bond donors (Lipinski definition) is 1. The standard InChI is InChI=1S/C14H15NO/c1-11-3-2-4-12(9-11)5-6-13-7-8-14(16)10-15-13/h2-4,7-10,16H,5-6H2,1H3. The number of rotatable bonds is 3. The van der Waals surface area contributed by atoms with Crippen LogP contribution in [-0.4, -0.2) is 10.1 Å². The van der Waals surface area contributed by atoms with Gasteiger partial charge in [-0.3, -0.25) is 4.98 Å². The van der Waals surface area contributed by atoms with Gasteiger partial charge in [-0.05, 0) is 37.5 Å². The average Bonchev–Trinajstić information content (AvgIpc) is 2.28. The minimum atomic E-state index is 0.222. The van der Waals surface area contributed by atoms with Gasteiger partial charge in [-0.25, -0.2) is 0 Å². The molecule has 1 aromatic carbocycles. The van der Waals surface area contributed by atoms with E-state index < -0.39 is 0 Å². The zero-order chi connectivity index (χ0) is 11.4. The fourth-order valence-electron chi connectivity index (χ4n) is 1.70. The summed E-state index contributed by atoms with van der Waals surface area (Å²) in [6, 6.07) is 12.1. The molecule has 0 atom stereocenters. The van der Waals surface area contributed by atoms with Crippen LogP contribution in [0.4, 0.5) is 0 Å². The van der Waals surface area contributed by atoms with Crippen molar-refractivity contribution in [2.45, 2.75) is 19.8 Å². The largest absolute Gasteiger partial charge is 0.506 e. The lowest BCUT2D eigenvalue weighted by atomic mass is 10.1. The summed E-state index contributed by atoms with van der Waals surface area (Å²) in [6.45, 7) is 2.10. The molecule has 0 aliphatic heterocycles. The lowest BCUT2D eigenvalue weighted by Gasteiger charge is -2.02. The van der Waals surface area contributed by atoms with Crippen LogP contribution in [0.25, 0.3) is 0 Å². The summed E-state index contributed by atoms with van der Waals surface area (Å²) in [7, 11) is 0. The van der Waals surface area contributed by atoms with Crippen molar-refractivity contribution in [3.8, 4) is 5.75 Å². The van der Waals surface area contributed by atoms with E-state index in [0.717, 1.165) is 18.5 Å². The first kappa shape index (κ1) is 10.7. The van der Waals surface area contributed by atoms with Crippen molar-refractivity contribution in [2.75, 3.05) is 0 Å². The molecule has 2 aromatic rings.